The number of carbonyl (C=O) groups excluding carboxylic acids is 1. The number of ether oxygens (including phenoxy) is 1. The monoisotopic (exact) mass is 405 g/mol. The minimum Gasteiger partial charge on any atom is -0.494 e. The van der Waals surface area contributed by atoms with Gasteiger partial charge in [-0.2, -0.15) is 0 Å². The lowest BCUT2D eigenvalue weighted by molar-refractivity contribution is 0.0645. The Bertz CT molecular complexity index is 800. The highest BCUT2D eigenvalue weighted by Gasteiger charge is 2.23. The van der Waals surface area contributed by atoms with Crippen molar-refractivity contribution in [3.63, 3.8) is 0 Å². The van der Waals surface area contributed by atoms with Crippen molar-refractivity contribution in [2.24, 2.45) is 0 Å². The van der Waals surface area contributed by atoms with Crippen molar-refractivity contribution < 1.29 is 9.53 Å². The number of aromatic nitrogens is 1. The third-order valence-corrected chi connectivity index (χ3v) is 5.60. The maximum Gasteiger partial charge on any atom is 0.273 e. The fourth-order valence-corrected chi connectivity index (χ4v) is 4.10. The lowest BCUT2D eigenvalue weighted by atomic mass is 10.2. The number of benzene rings is 1. The first kappa shape index (κ1) is 19.9. The number of nitrogens with zero attached hydrogens (tertiary/aromatic N) is 3. The van der Waals surface area contributed by atoms with Gasteiger partial charge in [-0.15, -0.1) is 17.9 Å². The maximum atomic E-state index is 12.7. The molecule has 2 heterocycles. The molecular weight excluding hydrogens is 382 g/mol. The third kappa shape index (κ3) is 4.89. The number of halogens is 1. The molecule has 1 aliphatic heterocycles. The highest BCUT2D eigenvalue weighted by molar-refractivity contribution is 7.13. The molecule has 1 aromatic carbocycles. The molecule has 0 spiro atoms. The third-order valence-electron chi connectivity index (χ3n) is 4.41. The molecule has 0 N–H and O–H groups in total. The van der Waals surface area contributed by atoms with Crippen LogP contribution >= 0.6 is 22.9 Å². The minimum atomic E-state index is -0.0187. The van der Waals surface area contributed by atoms with E-state index in [-0.39, 0.29) is 5.91 Å². The number of piperazine rings is 1. The normalized spacial score (nSPS) is 15.0. The van der Waals surface area contributed by atoms with Crippen molar-refractivity contribution in [2.45, 2.75) is 13.3 Å². The largest absolute Gasteiger partial charge is 0.494 e. The van der Waals surface area contributed by atoms with Gasteiger partial charge in [0.05, 0.1) is 11.6 Å². The maximum absolute atomic E-state index is 12.7. The first-order valence-electron chi connectivity index (χ1n) is 9.13. The Morgan fingerprint density at radius 1 is 1.37 bits per heavy atom. The summed E-state index contributed by atoms with van der Waals surface area (Å²) in [7, 11) is 0. The average molecular weight is 406 g/mol. The van der Waals surface area contributed by atoms with Crippen LogP contribution in [-0.2, 0) is 0 Å². The summed E-state index contributed by atoms with van der Waals surface area (Å²) in [6.45, 7) is 10.5. The molecule has 1 amide bonds. The van der Waals surface area contributed by atoms with E-state index < -0.39 is 0 Å². The summed E-state index contributed by atoms with van der Waals surface area (Å²) in [5, 5.41) is 3.14. The van der Waals surface area contributed by atoms with Crippen LogP contribution in [-0.4, -0.2) is 60.0 Å². The molecule has 0 saturated carbocycles. The van der Waals surface area contributed by atoms with Gasteiger partial charge in [0.25, 0.3) is 5.91 Å². The van der Waals surface area contributed by atoms with E-state index in [0.29, 0.717) is 30.4 Å². The lowest BCUT2D eigenvalue weighted by Crippen LogP contribution is -2.48. The molecule has 0 unspecified atom stereocenters. The second-order valence-corrected chi connectivity index (χ2v) is 7.67. The van der Waals surface area contributed by atoms with Gasteiger partial charge in [-0.25, -0.2) is 4.98 Å². The van der Waals surface area contributed by atoms with Crippen LogP contribution < -0.4 is 4.74 Å². The Morgan fingerprint density at radius 3 is 2.81 bits per heavy atom. The Labute approximate surface area is 169 Å². The van der Waals surface area contributed by atoms with E-state index in [0.717, 1.165) is 42.4 Å². The molecule has 1 saturated heterocycles. The molecule has 0 aliphatic carbocycles. The van der Waals surface area contributed by atoms with Gasteiger partial charge in [0, 0.05) is 43.7 Å². The van der Waals surface area contributed by atoms with Crippen molar-refractivity contribution in [2.75, 3.05) is 39.3 Å². The van der Waals surface area contributed by atoms with Gasteiger partial charge in [0.1, 0.15) is 16.5 Å². The van der Waals surface area contributed by atoms with Gasteiger partial charge in [-0.1, -0.05) is 24.6 Å². The van der Waals surface area contributed by atoms with Crippen molar-refractivity contribution >= 4 is 28.8 Å². The molecule has 27 heavy (non-hydrogen) atoms. The van der Waals surface area contributed by atoms with Gasteiger partial charge in [0.2, 0.25) is 0 Å². The van der Waals surface area contributed by atoms with Gasteiger partial charge in [-0.05, 0) is 24.6 Å². The number of carbonyl (C=O) groups is 1. The van der Waals surface area contributed by atoms with Crippen LogP contribution in [0.15, 0.2) is 36.2 Å². The highest BCUT2D eigenvalue weighted by atomic mass is 35.5. The first-order valence-corrected chi connectivity index (χ1v) is 10.4. The summed E-state index contributed by atoms with van der Waals surface area (Å²) in [5.74, 6) is 0.727. The molecule has 2 aromatic rings. The van der Waals surface area contributed by atoms with E-state index >= 15 is 0 Å². The molecule has 144 valence electrons. The number of amides is 1. The van der Waals surface area contributed by atoms with Gasteiger partial charge < -0.3 is 9.64 Å². The zero-order chi connectivity index (χ0) is 19.2. The SMILES string of the molecule is C=CCN1CCN(C(=O)c2csc(-c3ccc(OCCC)cc3Cl)n2)CC1. The van der Waals surface area contributed by atoms with E-state index in [1.165, 1.54) is 11.3 Å². The summed E-state index contributed by atoms with van der Waals surface area (Å²) in [5.41, 5.74) is 1.30. The standard InChI is InChI=1S/C20H24ClN3O2S/c1-3-7-23-8-10-24(11-9-23)20(25)18-14-27-19(22-18)16-6-5-15(13-17(16)21)26-12-4-2/h3,5-6,13-14H,1,4,7-12H2,2H3. The van der Waals surface area contributed by atoms with E-state index in [1.807, 2.05) is 28.5 Å². The van der Waals surface area contributed by atoms with E-state index in [9.17, 15) is 4.79 Å². The molecule has 3 rings (SSSR count). The predicted octanol–water partition coefficient (Wildman–Crippen LogP) is 4.20. The van der Waals surface area contributed by atoms with Crippen molar-refractivity contribution in [1.29, 1.82) is 0 Å². The predicted molar refractivity (Wildman–Crippen MR) is 111 cm³/mol. The zero-order valence-corrected chi connectivity index (χ0v) is 17.1. The van der Waals surface area contributed by atoms with Crippen LogP contribution in [0.4, 0.5) is 0 Å². The van der Waals surface area contributed by atoms with E-state index in [2.05, 4.69) is 23.4 Å². The Kier molecular flexibility index (Phi) is 6.88. The molecule has 1 aliphatic rings. The molecular formula is C20H24ClN3O2S. The van der Waals surface area contributed by atoms with Crippen molar-refractivity contribution in [3.8, 4) is 16.3 Å². The second-order valence-electron chi connectivity index (χ2n) is 6.41. The fraction of sp³-hybridized carbons (Fsp3) is 0.400. The van der Waals surface area contributed by atoms with Crippen LogP contribution in [0, 0.1) is 0 Å². The Morgan fingerprint density at radius 2 is 2.15 bits per heavy atom. The van der Waals surface area contributed by atoms with Crippen LogP contribution in [0.25, 0.3) is 10.6 Å². The molecule has 1 aromatic heterocycles. The van der Waals surface area contributed by atoms with Gasteiger partial charge in [0.15, 0.2) is 0 Å². The van der Waals surface area contributed by atoms with E-state index in [4.69, 9.17) is 16.3 Å². The Hall–Kier alpha value is -1.89. The second kappa shape index (κ2) is 9.35. The smallest absolute Gasteiger partial charge is 0.273 e. The molecule has 0 atom stereocenters. The number of hydrogen-bond donors (Lipinski definition) is 0. The van der Waals surface area contributed by atoms with Crippen LogP contribution in [0.2, 0.25) is 5.02 Å². The summed E-state index contributed by atoms with van der Waals surface area (Å²) in [6, 6.07) is 5.58. The lowest BCUT2D eigenvalue weighted by Gasteiger charge is -2.33. The van der Waals surface area contributed by atoms with Crippen molar-refractivity contribution in [3.05, 3.63) is 47.0 Å². The number of hydrogen-bond acceptors (Lipinski definition) is 5. The molecule has 7 heteroatoms. The molecule has 0 radical (unpaired) electrons. The quantitative estimate of drug-likeness (QED) is 0.648. The fourth-order valence-electron chi connectivity index (χ4n) is 2.95. The summed E-state index contributed by atoms with van der Waals surface area (Å²) < 4.78 is 5.60. The molecule has 1 fully saturated rings. The summed E-state index contributed by atoms with van der Waals surface area (Å²) in [6.07, 6.45) is 2.84. The number of thiazole rings is 1. The first-order chi connectivity index (χ1) is 13.1. The molecule has 0 bridgehead atoms. The van der Waals surface area contributed by atoms with Crippen LogP contribution in [0.3, 0.4) is 0 Å². The van der Waals surface area contributed by atoms with Crippen LogP contribution in [0.5, 0.6) is 5.75 Å². The highest BCUT2D eigenvalue weighted by Crippen LogP contribution is 2.33. The van der Waals surface area contributed by atoms with Gasteiger partial charge in [-0.3, -0.25) is 9.69 Å². The van der Waals surface area contributed by atoms with Gasteiger partial charge >= 0.3 is 0 Å². The average Bonchev–Trinajstić information content (AvgIpc) is 3.16. The minimum absolute atomic E-state index is 0.0187. The zero-order valence-electron chi connectivity index (χ0n) is 15.5. The Balaban J connectivity index is 1.68. The summed E-state index contributed by atoms with van der Waals surface area (Å²) >= 11 is 7.84. The topological polar surface area (TPSA) is 45.7 Å². The van der Waals surface area contributed by atoms with Crippen molar-refractivity contribution in [1.82, 2.24) is 14.8 Å². The van der Waals surface area contributed by atoms with Crippen LogP contribution in [0.1, 0.15) is 23.8 Å². The summed E-state index contributed by atoms with van der Waals surface area (Å²) in [4.78, 5) is 21.4. The van der Waals surface area contributed by atoms with E-state index in [1.54, 1.807) is 6.07 Å². The molecule has 5 nitrogen and oxygen atoms in total. The number of rotatable bonds is 7.